The largest absolute Gasteiger partial charge is 0.302 e. The first-order chi connectivity index (χ1) is 8.08. The number of unbranched alkanes of at least 4 members (excludes halogenated alkanes) is 1. The van der Waals surface area contributed by atoms with Gasteiger partial charge >= 0.3 is 0 Å². The van der Waals surface area contributed by atoms with Crippen molar-refractivity contribution < 1.29 is 4.79 Å². The molecule has 1 rings (SSSR count). The quantitative estimate of drug-likeness (QED) is 0.836. The van der Waals surface area contributed by atoms with Gasteiger partial charge in [0.1, 0.15) is 0 Å². The highest BCUT2D eigenvalue weighted by molar-refractivity contribution is 7.15. The van der Waals surface area contributed by atoms with Gasteiger partial charge in [-0.2, -0.15) is 0 Å². The second-order valence-electron chi connectivity index (χ2n) is 4.40. The Kier molecular flexibility index (Phi) is 5.62. The molecule has 1 aromatic rings. The molecule has 1 amide bonds. The molecule has 0 aliphatic rings. The van der Waals surface area contributed by atoms with E-state index in [1.54, 1.807) is 11.3 Å². The van der Waals surface area contributed by atoms with Crippen LogP contribution in [0.25, 0.3) is 0 Å². The molecule has 3 nitrogen and oxygen atoms in total. The topological polar surface area (TPSA) is 42.0 Å². The fourth-order valence-corrected chi connectivity index (χ4v) is 2.52. The third kappa shape index (κ3) is 4.11. The summed E-state index contributed by atoms with van der Waals surface area (Å²) in [6, 6.07) is 0. The van der Waals surface area contributed by atoms with Crippen LogP contribution in [0.5, 0.6) is 0 Å². The summed E-state index contributed by atoms with van der Waals surface area (Å²) in [6.07, 6.45) is 4.12. The minimum absolute atomic E-state index is 0.120. The molecule has 1 N–H and O–H groups in total. The molecular weight excluding hydrogens is 232 g/mol. The summed E-state index contributed by atoms with van der Waals surface area (Å²) < 4.78 is 0. The van der Waals surface area contributed by atoms with Crippen LogP contribution in [0.3, 0.4) is 0 Å². The third-order valence-electron chi connectivity index (χ3n) is 3.03. The van der Waals surface area contributed by atoms with Gasteiger partial charge in [-0.1, -0.05) is 26.7 Å². The number of hydrogen-bond acceptors (Lipinski definition) is 3. The molecule has 0 bridgehead atoms. The average molecular weight is 254 g/mol. The molecule has 0 aliphatic heterocycles. The number of anilines is 1. The lowest BCUT2D eigenvalue weighted by Crippen LogP contribution is -2.22. The second-order valence-corrected chi connectivity index (χ2v) is 5.60. The van der Waals surface area contributed by atoms with E-state index < -0.39 is 0 Å². The monoisotopic (exact) mass is 254 g/mol. The van der Waals surface area contributed by atoms with Crippen LogP contribution in [0.1, 0.15) is 50.1 Å². The van der Waals surface area contributed by atoms with Gasteiger partial charge in [0.05, 0.1) is 5.69 Å². The fraction of sp³-hybridized carbons (Fsp3) is 0.692. The normalized spacial score (nSPS) is 12.5. The van der Waals surface area contributed by atoms with Crippen molar-refractivity contribution in [2.45, 2.75) is 53.4 Å². The smallest absolute Gasteiger partial charge is 0.229 e. The molecule has 0 saturated heterocycles. The Bertz CT molecular complexity index is 354. The van der Waals surface area contributed by atoms with Gasteiger partial charge in [0.2, 0.25) is 5.91 Å². The first kappa shape index (κ1) is 14.2. The van der Waals surface area contributed by atoms with E-state index in [0.717, 1.165) is 36.5 Å². The SMILES string of the molecule is CCCCC(CC)C(=O)Nc1nc(C)c(C)s1. The standard InChI is InChI=1S/C13H22N2OS/c1-5-7-8-11(6-2)12(16)15-13-14-9(3)10(4)17-13/h11H,5-8H2,1-4H3,(H,14,15,16). The van der Waals surface area contributed by atoms with E-state index >= 15 is 0 Å². The number of aromatic nitrogens is 1. The number of thiazole rings is 1. The number of aryl methyl sites for hydroxylation is 2. The fourth-order valence-electron chi connectivity index (χ4n) is 1.70. The van der Waals surface area contributed by atoms with Crippen LogP contribution in [0, 0.1) is 19.8 Å². The Hall–Kier alpha value is -0.900. The number of hydrogen-bond donors (Lipinski definition) is 1. The summed E-state index contributed by atoms with van der Waals surface area (Å²) in [5, 5.41) is 3.67. The predicted octanol–water partition coefficient (Wildman–Crippen LogP) is 3.91. The summed E-state index contributed by atoms with van der Waals surface area (Å²) in [6.45, 7) is 8.21. The van der Waals surface area contributed by atoms with Crippen molar-refractivity contribution in [3.05, 3.63) is 10.6 Å². The van der Waals surface area contributed by atoms with Crippen LogP contribution in [0.2, 0.25) is 0 Å². The van der Waals surface area contributed by atoms with E-state index in [4.69, 9.17) is 0 Å². The molecule has 17 heavy (non-hydrogen) atoms. The maximum absolute atomic E-state index is 12.0. The van der Waals surface area contributed by atoms with Crippen molar-refractivity contribution in [1.82, 2.24) is 4.98 Å². The van der Waals surface area contributed by atoms with E-state index in [-0.39, 0.29) is 11.8 Å². The molecule has 0 fully saturated rings. The van der Waals surface area contributed by atoms with Crippen LogP contribution in [0.4, 0.5) is 5.13 Å². The number of carbonyl (C=O) groups is 1. The zero-order valence-electron chi connectivity index (χ0n) is 11.2. The zero-order chi connectivity index (χ0) is 12.8. The van der Waals surface area contributed by atoms with Gasteiger partial charge in [-0.15, -0.1) is 11.3 Å². The summed E-state index contributed by atoms with van der Waals surface area (Å²) in [5.74, 6) is 0.245. The van der Waals surface area contributed by atoms with Gasteiger partial charge in [-0.3, -0.25) is 4.79 Å². The van der Waals surface area contributed by atoms with Crippen molar-refractivity contribution in [3.63, 3.8) is 0 Å². The van der Waals surface area contributed by atoms with Gasteiger partial charge in [0.15, 0.2) is 5.13 Å². The molecule has 0 spiro atoms. The highest BCUT2D eigenvalue weighted by Crippen LogP contribution is 2.23. The van der Waals surface area contributed by atoms with Gasteiger partial charge in [-0.05, 0) is 26.7 Å². The Morgan fingerprint density at radius 1 is 1.41 bits per heavy atom. The summed E-state index contributed by atoms with van der Waals surface area (Å²) in [5.41, 5.74) is 1.01. The molecule has 4 heteroatoms. The van der Waals surface area contributed by atoms with Crippen LogP contribution >= 0.6 is 11.3 Å². The van der Waals surface area contributed by atoms with Crippen molar-refractivity contribution in [3.8, 4) is 0 Å². The van der Waals surface area contributed by atoms with Gasteiger partial charge in [0, 0.05) is 10.8 Å². The first-order valence-corrected chi connectivity index (χ1v) is 7.15. The molecule has 1 atom stereocenters. The molecule has 1 heterocycles. The minimum Gasteiger partial charge on any atom is -0.302 e. The van der Waals surface area contributed by atoms with Crippen molar-refractivity contribution in [1.29, 1.82) is 0 Å². The zero-order valence-corrected chi connectivity index (χ0v) is 12.0. The Labute approximate surface area is 108 Å². The third-order valence-corrected chi connectivity index (χ3v) is 4.02. The lowest BCUT2D eigenvalue weighted by molar-refractivity contribution is -0.120. The molecule has 1 unspecified atom stereocenters. The minimum atomic E-state index is 0.120. The highest BCUT2D eigenvalue weighted by atomic mass is 32.1. The lowest BCUT2D eigenvalue weighted by Gasteiger charge is -2.12. The van der Waals surface area contributed by atoms with Crippen LogP contribution in [0.15, 0.2) is 0 Å². The number of rotatable bonds is 6. The maximum Gasteiger partial charge on any atom is 0.229 e. The Balaban J connectivity index is 2.57. The van der Waals surface area contributed by atoms with Crippen molar-refractivity contribution in [2.75, 3.05) is 5.32 Å². The van der Waals surface area contributed by atoms with Crippen LogP contribution in [-0.2, 0) is 4.79 Å². The van der Waals surface area contributed by atoms with Crippen LogP contribution in [-0.4, -0.2) is 10.9 Å². The van der Waals surface area contributed by atoms with Gasteiger partial charge in [0.25, 0.3) is 0 Å². The maximum atomic E-state index is 12.0. The van der Waals surface area contributed by atoms with Gasteiger partial charge < -0.3 is 5.32 Å². The molecule has 96 valence electrons. The first-order valence-electron chi connectivity index (χ1n) is 6.33. The van der Waals surface area contributed by atoms with E-state index in [9.17, 15) is 4.79 Å². The second kappa shape index (κ2) is 6.74. The Morgan fingerprint density at radius 3 is 2.59 bits per heavy atom. The molecule has 0 aliphatic carbocycles. The van der Waals surface area contributed by atoms with Crippen molar-refractivity contribution >= 4 is 22.4 Å². The lowest BCUT2D eigenvalue weighted by atomic mass is 9.99. The van der Waals surface area contributed by atoms with E-state index in [0.29, 0.717) is 0 Å². The van der Waals surface area contributed by atoms with Gasteiger partial charge in [-0.25, -0.2) is 4.98 Å². The van der Waals surface area contributed by atoms with Crippen LogP contribution < -0.4 is 5.32 Å². The molecule has 0 radical (unpaired) electrons. The summed E-state index contributed by atoms with van der Waals surface area (Å²) >= 11 is 1.55. The summed E-state index contributed by atoms with van der Waals surface area (Å²) in [4.78, 5) is 17.5. The summed E-state index contributed by atoms with van der Waals surface area (Å²) in [7, 11) is 0. The highest BCUT2D eigenvalue weighted by Gasteiger charge is 2.17. The average Bonchev–Trinajstić information content (AvgIpc) is 2.59. The van der Waals surface area contributed by atoms with E-state index in [1.165, 1.54) is 4.88 Å². The molecule has 0 saturated carbocycles. The predicted molar refractivity (Wildman–Crippen MR) is 73.5 cm³/mol. The molecule has 0 aromatic carbocycles. The Morgan fingerprint density at radius 2 is 2.12 bits per heavy atom. The number of nitrogens with zero attached hydrogens (tertiary/aromatic N) is 1. The number of amides is 1. The molecular formula is C13H22N2OS. The molecule has 1 aromatic heterocycles. The van der Waals surface area contributed by atoms with E-state index in [2.05, 4.69) is 24.1 Å². The number of carbonyl (C=O) groups excluding carboxylic acids is 1. The number of nitrogens with one attached hydrogen (secondary N) is 1. The van der Waals surface area contributed by atoms with E-state index in [1.807, 2.05) is 13.8 Å². The van der Waals surface area contributed by atoms with Crippen molar-refractivity contribution in [2.24, 2.45) is 5.92 Å².